The zero-order valence-electron chi connectivity index (χ0n) is 14.9. The molecule has 2 rings (SSSR count). The van der Waals surface area contributed by atoms with Gasteiger partial charge in [-0.05, 0) is 31.2 Å². The van der Waals surface area contributed by atoms with E-state index < -0.39 is 6.23 Å². The van der Waals surface area contributed by atoms with E-state index in [1.54, 1.807) is 62.6 Å². The molecule has 0 aromatic heterocycles. The van der Waals surface area contributed by atoms with E-state index in [4.69, 9.17) is 9.47 Å². The summed E-state index contributed by atoms with van der Waals surface area (Å²) < 4.78 is 10.00. The summed E-state index contributed by atoms with van der Waals surface area (Å²) in [7, 11) is 1.54. The Balaban J connectivity index is 2.11. The van der Waals surface area contributed by atoms with Crippen LogP contribution in [0.15, 0.2) is 48.5 Å². The summed E-state index contributed by atoms with van der Waals surface area (Å²) >= 11 is 0. The Labute approximate surface area is 152 Å². The molecule has 2 aromatic carbocycles. The third kappa shape index (κ3) is 5.32. The lowest BCUT2D eigenvalue weighted by Crippen LogP contribution is -2.22. The number of para-hydroxylation sites is 1. The quantitative estimate of drug-likeness (QED) is 0.408. The summed E-state index contributed by atoms with van der Waals surface area (Å²) in [6.45, 7) is 2.03. The highest BCUT2D eigenvalue weighted by Gasteiger charge is 2.16. The Hall–Kier alpha value is -2.86. The van der Waals surface area contributed by atoms with Crippen LogP contribution in [0.5, 0.6) is 5.75 Å². The van der Waals surface area contributed by atoms with Gasteiger partial charge in [-0.3, -0.25) is 9.59 Å². The number of aliphatic hydroxyl groups is 1. The molecule has 0 radical (unpaired) electrons. The molecule has 138 valence electrons. The Morgan fingerprint density at radius 3 is 2.65 bits per heavy atom. The number of ketones is 1. The van der Waals surface area contributed by atoms with Gasteiger partial charge in [0.05, 0.1) is 13.7 Å². The Morgan fingerprint density at radius 1 is 1.15 bits per heavy atom. The van der Waals surface area contributed by atoms with Crippen molar-refractivity contribution in [3.8, 4) is 5.75 Å². The van der Waals surface area contributed by atoms with Crippen LogP contribution in [0.3, 0.4) is 0 Å². The SMILES string of the molecule is CCOC(=O)CCC(O)Nc1ccccc1C(=O)c1cccc(OC)c1. The van der Waals surface area contributed by atoms with E-state index in [-0.39, 0.29) is 24.6 Å². The second kappa shape index (κ2) is 9.58. The topological polar surface area (TPSA) is 84.9 Å². The fourth-order valence-electron chi connectivity index (χ4n) is 2.47. The van der Waals surface area contributed by atoms with Crippen molar-refractivity contribution in [2.75, 3.05) is 19.0 Å². The number of ether oxygens (including phenoxy) is 2. The fourth-order valence-corrected chi connectivity index (χ4v) is 2.47. The molecule has 1 atom stereocenters. The largest absolute Gasteiger partial charge is 0.497 e. The van der Waals surface area contributed by atoms with Crippen LogP contribution in [0, 0.1) is 0 Å². The number of carbonyl (C=O) groups excluding carboxylic acids is 2. The molecule has 6 heteroatoms. The van der Waals surface area contributed by atoms with Crippen LogP contribution in [0.2, 0.25) is 0 Å². The fraction of sp³-hybridized carbons (Fsp3) is 0.300. The van der Waals surface area contributed by atoms with Crippen molar-refractivity contribution in [1.82, 2.24) is 0 Å². The molecule has 0 spiro atoms. The van der Waals surface area contributed by atoms with Gasteiger partial charge >= 0.3 is 5.97 Å². The maximum Gasteiger partial charge on any atom is 0.305 e. The second-order valence-corrected chi connectivity index (χ2v) is 5.61. The van der Waals surface area contributed by atoms with Gasteiger partial charge in [0.25, 0.3) is 0 Å². The van der Waals surface area contributed by atoms with Crippen molar-refractivity contribution in [1.29, 1.82) is 0 Å². The summed E-state index contributed by atoms with van der Waals surface area (Å²) in [5.74, 6) is 0.0365. The highest BCUT2D eigenvalue weighted by molar-refractivity contribution is 6.12. The number of benzene rings is 2. The number of aliphatic hydroxyl groups excluding tert-OH is 1. The van der Waals surface area contributed by atoms with Crippen LogP contribution in [-0.4, -0.2) is 36.8 Å². The Kier molecular flexibility index (Phi) is 7.17. The maximum absolute atomic E-state index is 12.8. The van der Waals surface area contributed by atoms with Gasteiger partial charge in [-0.1, -0.05) is 24.3 Å². The third-order valence-electron chi connectivity index (χ3n) is 3.75. The normalized spacial score (nSPS) is 11.5. The van der Waals surface area contributed by atoms with Gasteiger partial charge in [-0.25, -0.2) is 0 Å². The summed E-state index contributed by atoms with van der Waals surface area (Å²) in [5.41, 5.74) is 1.41. The van der Waals surface area contributed by atoms with Gasteiger partial charge in [-0.15, -0.1) is 0 Å². The average molecular weight is 357 g/mol. The summed E-state index contributed by atoms with van der Waals surface area (Å²) in [4.78, 5) is 24.2. The molecule has 0 aliphatic rings. The molecule has 0 heterocycles. The molecule has 0 saturated carbocycles. The highest BCUT2D eigenvalue weighted by atomic mass is 16.5. The van der Waals surface area contributed by atoms with Crippen LogP contribution >= 0.6 is 0 Å². The van der Waals surface area contributed by atoms with E-state index in [0.717, 1.165) is 0 Å². The van der Waals surface area contributed by atoms with Gasteiger partial charge in [0.15, 0.2) is 5.78 Å². The van der Waals surface area contributed by atoms with Crippen molar-refractivity contribution in [2.45, 2.75) is 26.0 Å². The summed E-state index contributed by atoms with van der Waals surface area (Å²) in [6.07, 6.45) is -0.701. The number of nitrogens with one attached hydrogen (secondary N) is 1. The lowest BCUT2D eigenvalue weighted by Gasteiger charge is -2.16. The lowest BCUT2D eigenvalue weighted by atomic mass is 10.0. The second-order valence-electron chi connectivity index (χ2n) is 5.61. The summed E-state index contributed by atoms with van der Waals surface area (Å²) in [6, 6.07) is 13.8. The zero-order chi connectivity index (χ0) is 18.9. The summed E-state index contributed by atoms with van der Waals surface area (Å²) in [5, 5.41) is 13.0. The Morgan fingerprint density at radius 2 is 1.92 bits per heavy atom. The molecule has 0 aliphatic heterocycles. The van der Waals surface area contributed by atoms with Crippen molar-refractivity contribution in [2.24, 2.45) is 0 Å². The molecule has 0 saturated heterocycles. The van der Waals surface area contributed by atoms with Crippen molar-refractivity contribution in [3.63, 3.8) is 0 Å². The van der Waals surface area contributed by atoms with Crippen LogP contribution in [0.4, 0.5) is 5.69 Å². The standard InChI is InChI=1S/C20H23NO5/c1-3-26-19(23)12-11-18(22)21-17-10-5-4-9-16(17)20(24)14-7-6-8-15(13-14)25-2/h4-10,13,18,21-22H,3,11-12H2,1-2H3. The minimum atomic E-state index is -0.973. The predicted molar refractivity (Wildman–Crippen MR) is 98.4 cm³/mol. The first-order valence-corrected chi connectivity index (χ1v) is 8.43. The van der Waals surface area contributed by atoms with Gasteiger partial charge in [0.1, 0.15) is 12.0 Å². The third-order valence-corrected chi connectivity index (χ3v) is 3.75. The zero-order valence-corrected chi connectivity index (χ0v) is 14.9. The molecule has 26 heavy (non-hydrogen) atoms. The number of esters is 1. The number of hydrogen-bond acceptors (Lipinski definition) is 6. The molecule has 0 amide bonds. The number of carbonyl (C=O) groups is 2. The maximum atomic E-state index is 12.8. The molecular weight excluding hydrogens is 334 g/mol. The molecular formula is C20H23NO5. The number of anilines is 1. The Bertz CT molecular complexity index is 759. The van der Waals surface area contributed by atoms with Crippen LogP contribution < -0.4 is 10.1 Å². The van der Waals surface area contributed by atoms with Crippen LogP contribution in [-0.2, 0) is 9.53 Å². The predicted octanol–water partition coefficient (Wildman–Crippen LogP) is 3.00. The number of hydrogen-bond donors (Lipinski definition) is 2. The molecule has 2 N–H and O–H groups in total. The van der Waals surface area contributed by atoms with Gasteiger partial charge < -0.3 is 19.9 Å². The molecule has 1 unspecified atom stereocenters. The first-order chi connectivity index (χ1) is 12.5. The molecule has 0 bridgehead atoms. The van der Waals surface area contributed by atoms with Crippen molar-refractivity contribution < 1.29 is 24.2 Å². The van der Waals surface area contributed by atoms with Crippen LogP contribution in [0.25, 0.3) is 0 Å². The first-order valence-electron chi connectivity index (χ1n) is 8.43. The monoisotopic (exact) mass is 357 g/mol. The lowest BCUT2D eigenvalue weighted by molar-refractivity contribution is -0.143. The molecule has 6 nitrogen and oxygen atoms in total. The number of methoxy groups -OCH3 is 1. The van der Waals surface area contributed by atoms with Crippen molar-refractivity contribution >= 4 is 17.4 Å². The smallest absolute Gasteiger partial charge is 0.305 e. The van der Waals surface area contributed by atoms with E-state index in [1.807, 2.05) is 0 Å². The van der Waals surface area contributed by atoms with Gasteiger partial charge in [0, 0.05) is 29.7 Å². The first kappa shape index (κ1) is 19.5. The highest BCUT2D eigenvalue weighted by Crippen LogP contribution is 2.22. The minimum Gasteiger partial charge on any atom is -0.497 e. The van der Waals surface area contributed by atoms with E-state index in [1.165, 1.54) is 0 Å². The number of rotatable bonds is 9. The molecule has 2 aromatic rings. The van der Waals surface area contributed by atoms with Gasteiger partial charge in [-0.2, -0.15) is 0 Å². The minimum absolute atomic E-state index is 0.0913. The van der Waals surface area contributed by atoms with Crippen molar-refractivity contribution in [3.05, 3.63) is 59.7 Å². The van der Waals surface area contributed by atoms with E-state index in [2.05, 4.69) is 5.32 Å². The van der Waals surface area contributed by atoms with Gasteiger partial charge in [0.2, 0.25) is 0 Å². The molecule has 0 fully saturated rings. The average Bonchev–Trinajstić information content (AvgIpc) is 2.66. The van der Waals surface area contributed by atoms with E-state index >= 15 is 0 Å². The van der Waals surface area contributed by atoms with E-state index in [9.17, 15) is 14.7 Å². The van der Waals surface area contributed by atoms with Crippen LogP contribution in [0.1, 0.15) is 35.7 Å². The van der Waals surface area contributed by atoms with E-state index in [0.29, 0.717) is 29.2 Å². The molecule has 0 aliphatic carbocycles.